The second-order valence-electron chi connectivity index (χ2n) is 6.66. The molecule has 0 saturated carbocycles. The highest BCUT2D eigenvalue weighted by Crippen LogP contribution is 2.31. The third-order valence-electron chi connectivity index (χ3n) is 4.34. The minimum atomic E-state index is -0.864. The number of nitrogens with one attached hydrogen (secondary N) is 1. The molecule has 3 rings (SSSR count). The Kier molecular flexibility index (Phi) is 5.82. The van der Waals surface area contributed by atoms with Crippen LogP contribution in [0.3, 0.4) is 0 Å². The summed E-state index contributed by atoms with van der Waals surface area (Å²) in [5, 5.41) is 0.451. The van der Waals surface area contributed by atoms with E-state index >= 15 is 0 Å². The number of carbonyl (C=O) groups is 1. The van der Waals surface area contributed by atoms with E-state index in [1.165, 1.54) is 27.9 Å². The molecule has 0 aliphatic carbocycles. The molecule has 0 atom stereocenters. The predicted molar refractivity (Wildman–Crippen MR) is 105 cm³/mol. The monoisotopic (exact) mass is 390 g/mol. The summed E-state index contributed by atoms with van der Waals surface area (Å²) < 4.78 is 29.3. The number of aromatic nitrogens is 1. The van der Waals surface area contributed by atoms with Gasteiger partial charge in [0.25, 0.3) is 5.91 Å². The highest BCUT2D eigenvalue weighted by Gasteiger charge is 2.27. The lowest BCUT2D eigenvalue weighted by Gasteiger charge is -2.21. The van der Waals surface area contributed by atoms with E-state index in [2.05, 4.69) is 11.9 Å². The number of halogens is 2. The van der Waals surface area contributed by atoms with Crippen molar-refractivity contribution in [1.82, 2.24) is 4.98 Å². The first-order valence-corrected chi connectivity index (χ1v) is 9.66. The first kappa shape index (κ1) is 19.4. The molecule has 7 heteroatoms. The molecule has 3 aromatic rings. The lowest BCUT2D eigenvalue weighted by Crippen LogP contribution is -3.06. The van der Waals surface area contributed by atoms with Crippen molar-refractivity contribution in [1.29, 1.82) is 0 Å². The molecular formula is C20H22F2N3OS+. The molecule has 0 spiro atoms. The molecule has 0 aliphatic heterocycles. The van der Waals surface area contributed by atoms with Crippen LogP contribution in [-0.2, 0) is 6.42 Å². The normalized spacial score (nSPS) is 11.3. The number of quaternary nitrogens is 1. The van der Waals surface area contributed by atoms with Crippen LogP contribution in [0, 0.1) is 11.6 Å². The zero-order valence-electron chi connectivity index (χ0n) is 15.6. The van der Waals surface area contributed by atoms with Gasteiger partial charge in [-0.15, -0.1) is 0 Å². The Balaban J connectivity index is 2.04. The van der Waals surface area contributed by atoms with E-state index in [0.717, 1.165) is 33.7 Å². The number of carbonyl (C=O) groups excluding carboxylic acids is 1. The Bertz CT molecular complexity index is 951. The summed E-state index contributed by atoms with van der Waals surface area (Å²) in [5.74, 6) is -2.44. The van der Waals surface area contributed by atoms with Gasteiger partial charge in [-0.25, -0.2) is 13.8 Å². The maximum atomic E-state index is 14.2. The predicted octanol–water partition coefficient (Wildman–Crippen LogP) is 2.93. The Morgan fingerprint density at radius 2 is 1.89 bits per heavy atom. The van der Waals surface area contributed by atoms with Crippen LogP contribution in [0.4, 0.5) is 13.9 Å². The number of benzene rings is 2. The molecule has 142 valence electrons. The first-order chi connectivity index (χ1) is 12.9. The van der Waals surface area contributed by atoms with Crippen molar-refractivity contribution in [3.05, 3.63) is 59.2 Å². The van der Waals surface area contributed by atoms with Gasteiger partial charge in [-0.3, -0.25) is 9.69 Å². The minimum Gasteiger partial charge on any atom is -0.338 e. The van der Waals surface area contributed by atoms with Crippen molar-refractivity contribution < 1.29 is 18.5 Å². The Morgan fingerprint density at radius 1 is 1.19 bits per heavy atom. The molecular weight excluding hydrogens is 368 g/mol. The molecule has 0 bridgehead atoms. The average molecular weight is 390 g/mol. The van der Waals surface area contributed by atoms with Crippen LogP contribution >= 0.6 is 11.3 Å². The zero-order chi connectivity index (χ0) is 19.6. The van der Waals surface area contributed by atoms with Gasteiger partial charge in [0, 0.05) is 0 Å². The molecule has 2 aromatic carbocycles. The van der Waals surface area contributed by atoms with Gasteiger partial charge in [-0.05, 0) is 36.2 Å². The summed E-state index contributed by atoms with van der Waals surface area (Å²) in [6.45, 7) is 3.01. The second-order valence-corrected chi connectivity index (χ2v) is 7.67. The van der Waals surface area contributed by atoms with E-state index in [4.69, 9.17) is 0 Å². The first-order valence-electron chi connectivity index (χ1n) is 8.85. The van der Waals surface area contributed by atoms with Gasteiger partial charge in [-0.1, -0.05) is 30.4 Å². The van der Waals surface area contributed by atoms with E-state index in [-0.39, 0.29) is 0 Å². The molecule has 0 radical (unpaired) electrons. The third kappa shape index (κ3) is 4.14. The van der Waals surface area contributed by atoms with Gasteiger partial charge in [-0.2, -0.15) is 0 Å². The van der Waals surface area contributed by atoms with Crippen LogP contribution in [0.25, 0.3) is 10.2 Å². The summed E-state index contributed by atoms with van der Waals surface area (Å²) in [6.07, 6.45) is 0.899. The SMILES string of the molecule is CCc1ccc2nc(N(CC[NH+](C)C)C(=O)c3c(F)cccc3F)sc2c1. The molecule has 0 saturated heterocycles. The highest BCUT2D eigenvalue weighted by molar-refractivity contribution is 7.22. The molecule has 1 aromatic heterocycles. The van der Waals surface area contributed by atoms with Crippen LogP contribution in [0.5, 0.6) is 0 Å². The Hall–Kier alpha value is -2.38. The number of hydrogen-bond acceptors (Lipinski definition) is 3. The fraction of sp³-hybridized carbons (Fsp3) is 0.300. The van der Waals surface area contributed by atoms with Crippen molar-refractivity contribution in [3.63, 3.8) is 0 Å². The van der Waals surface area contributed by atoms with Crippen molar-refractivity contribution in [3.8, 4) is 0 Å². The average Bonchev–Trinajstić information content (AvgIpc) is 3.04. The van der Waals surface area contributed by atoms with Crippen LogP contribution in [-0.4, -0.2) is 38.1 Å². The minimum absolute atomic E-state index is 0.315. The maximum Gasteiger partial charge on any atom is 0.266 e. The van der Waals surface area contributed by atoms with E-state index in [0.29, 0.717) is 18.2 Å². The van der Waals surface area contributed by atoms with Crippen LogP contribution in [0.2, 0.25) is 0 Å². The number of aryl methyl sites for hydroxylation is 1. The molecule has 1 heterocycles. The summed E-state index contributed by atoms with van der Waals surface area (Å²) >= 11 is 1.36. The van der Waals surface area contributed by atoms with Crippen LogP contribution in [0.15, 0.2) is 36.4 Å². The van der Waals surface area contributed by atoms with Crippen molar-refractivity contribution in [2.45, 2.75) is 13.3 Å². The van der Waals surface area contributed by atoms with E-state index < -0.39 is 23.1 Å². The topological polar surface area (TPSA) is 37.6 Å². The third-order valence-corrected chi connectivity index (χ3v) is 5.38. The summed E-state index contributed by atoms with van der Waals surface area (Å²) in [7, 11) is 3.91. The molecule has 27 heavy (non-hydrogen) atoms. The van der Waals surface area contributed by atoms with Gasteiger partial charge in [0.05, 0.1) is 37.4 Å². The molecule has 4 nitrogen and oxygen atoms in total. The fourth-order valence-electron chi connectivity index (χ4n) is 2.75. The molecule has 0 aliphatic rings. The number of nitrogens with zero attached hydrogens (tertiary/aromatic N) is 2. The number of hydrogen-bond donors (Lipinski definition) is 1. The number of anilines is 1. The van der Waals surface area contributed by atoms with Crippen molar-refractivity contribution >= 4 is 32.6 Å². The van der Waals surface area contributed by atoms with Crippen LogP contribution in [0.1, 0.15) is 22.8 Å². The van der Waals surface area contributed by atoms with Crippen LogP contribution < -0.4 is 9.80 Å². The molecule has 0 fully saturated rings. The van der Waals surface area contributed by atoms with E-state index in [1.807, 2.05) is 32.3 Å². The smallest absolute Gasteiger partial charge is 0.266 e. The van der Waals surface area contributed by atoms with Crippen molar-refractivity contribution in [2.24, 2.45) is 0 Å². The molecule has 1 N–H and O–H groups in total. The zero-order valence-corrected chi connectivity index (χ0v) is 16.4. The second kappa shape index (κ2) is 8.10. The van der Waals surface area contributed by atoms with Gasteiger partial charge >= 0.3 is 0 Å². The standard InChI is InChI=1S/C20H21F2N3OS/c1-4-13-8-9-16-17(12-13)27-20(23-16)25(11-10-24(2)3)19(26)18-14(21)6-5-7-15(18)22/h5-9,12H,4,10-11H2,1-3H3/p+1. The van der Waals surface area contributed by atoms with Gasteiger partial charge in [0.2, 0.25) is 0 Å². The van der Waals surface area contributed by atoms with Gasteiger partial charge in [0.15, 0.2) is 5.13 Å². The summed E-state index contributed by atoms with van der Waals surface area (Å²) in [4.78, 5) is 20.0. The molecule has 1 amide bonds. The maximum absolute atomic E-state index is 14.2. The van der Waals surface area contributed by atoms with Gasteiger partial charge in [0.1, 0.15) is 17.2 Å². The fourth-order valence-corrected chi connectivity index (χ4v) is 3.80. The lowest BCUT2D eigenvalue weighted by molar-refractivity contribution is -0.856. The number of amides is 1. The number of thiazole rings is 1. The lowest BCUT2D eigenvalue weighted by atomic mass is 10.1. The van der Waals surface area contributed by atoms with E-state index in [1.54, 1.807) is 0 Å². The number of likely N-dealkylation sites (N-methyl/N-ethyl adjacent to an activating group) is 1. The number of rotatable bonds is 6. The van der Waals surface area contributed by atoms with Gasteiger partial charge < -0.3 is 4.90 Å². The highest BCUT2D eigenvalue weighted by atomic mass is 32.1. The van der Waals surface area contributed by atoms with Crippen molar-refractivity contribution in [2.75, 3.05) is 32.1 Å². The Morgan fingerprint density at radius 3 is 2.52 bits per heavy atom. The largest absolute Gasteiger partial charge is 0.338 e. The summed E-state index contributed by atoms with van der Waals surface area (Å²) in [6, 6.07) is 9.39. The quantitative estimate of drug-likeness (QED) is 0.703. The number of fused-ring (bicyclic) bond motifs is 1. The molecule has 0 unspecified atom stereocenters. The Labute approximate surface area is 161 Å². The van der Waals surface area contributed by atoms with E-state index in [9.17, 15) is 13.6 Å². The summed E-state index contributed by atoms with van der Waals surface area (Å²) in [5.41, 5.74) is 1.41.